The summed E-state index contributed by atoms with van der Waals surface area (Å²) in [6, 6.07) is -0.141. The van der Waals surface area contributed by atoms with Crippen LogP contribution in [-0.2, 0) is 10.0 Å². The van der Waals surface area contributed by atoms with Crippen molar-refractivity contribution in [3.8, 4) is 0 Å². The average molecular weight is 236 g/mol. The first-order valence-electron chi connectivity index (χ1n) is 4.75. The van der Waals surface area contributed by atoms with Gasteiger partial charge in [0.25, 0.3) is 0 Å². The Kier molecular flexibility index (Phi) is 3.86. The average Bonchev–Trinajstić information content (AvgIpc) is 2.83. The van der Waals surface area contributed by atoms with E-state index in [1.54, 1.807) is 0 Å². The lowest BCUT2D eigenvalue weighted by atomic mass is 10.2. The molecule has 0 spiro atoms. The zero-order valence-electron chi connectivity index (χ0n) is 8.19. The fourth-order valence-corrected chi connectivity index (χ4v) is 3.08. The maximum atomic E-state index is 11.5. The van der Waals surface area contributed by atoms with Gasteiger partial charge in [0.05, 0.1) is 10.2 Å². The number of nitrogens with one attached hydrogen (secondary N) is 1. The van der Waals surface area contributed by atoms with Crippen LogP contribution in [0, 0.1) is 0 Å². The molecule has 1 rings (SSSR count). The molecule has 1 atom stereocenters. The number of hydrogen-bond donors (Lipinski definition) is 2. The third kappa shape index (κ3) is 3.51. The van der Waals surface area contributed by atoms with Crippen molar-refractivity contribution in [2.24, 2.45) is 5.73 Å². The molecule has 6 heteroatoms. The highest BCUT2D eigenvalue weighted by Crippen LogP contribution is 2.27. The Bertz CT molecular complexity index is 309. The summed E-state index contributed by atoms with van der Waals surface area (Å²) in [5.41, 5.74) is 5.38. The van der Waals surface area contributed by atoms with Crippen LogP contribution in [0.15, 0.2) is 0 Å². The van der Waals surface area contributed by atoms with Gasteiger partial charge in [-0.05, 0) is 19.3 Å². The van der Waals surface area contributed by atoms with E-state index in [4.69, 9.17) is 18.0 Å². The van der Waals surface area contributed by atoms with Gasteiger partial charge < -0.3 is 5.73 Å². The summed E-state index contributed by atoms with van der Waals surface area (Å²) in [6.45, 7) is 1.92. The number of nitrogens with two attached hydrogens (primary N) is 1. The lowest BCUT2D eigenvalue weighted by Crippen LogP contribution is -2.38. The molecule has 0 aliphatic heterocycles. The Morgan fingerprint density at radius 2 is 2.21 bits per heavy atom. The van der Waals surface area contributed by atoms with Crippen molar-refractivity contribution in [1.29, 1.82) is 0 Å². The van der Waals surface area contributed by atoms with Crippen LogP contribution >= 0.6 is 12.2 Å². The predicted octanol–water partition coefficient (Wildman–Crippen LogP) is 0.523. The molecule has 3 N–H and O–H groups in total. The van der Waals surface area contributed by atoms with Gasteiger partial charge in [-0.25, -0.2) is 13.1 Å². The van der Waals surface area contributed by atoms with E-state index in [1.165, 1.54) is 0 Å². The van der Waals surface area contributed by atoms with Crippen LogP contribution in [0.4, 0.5) is 0 Å². The SMILES string of the molecule is CCC(CC(N)=S)NS(=O)(=O)C1CC1. The largest absolute Gasteiger partial charge is 0.393 e. The number of sulfonamides is 1. The van der Waals surface area contributed by atoms with Crippen LogP contribution < -0.4 is 10.5 Å². The van der Waals surface area contributed by atoms with E-state index in [9.17, 15) is 8.42 Å². The van der Waals surface area contributed by atoms with E-state index in [2.05, 4.69) is 4.72 Å². The van der Waals surface area contributed by atoms with Crippen molar-refractivity contribution in [2.75, 3.05) is 0 Å². The van der Waals surface area contributed by atoms with E-state index in [0.717, 1.165) is 12.8 Å². The molecule has 0 heterocycles. The molecule has 0 aromatic rings. The zero-order valence-corrected chi connectivity index (χ0v) is 9.83. The third-order valence-corrected chi connectivity index (χ3v) is 4.41. The molecule has 0 aromatic heterocycles. The van der Waals surface area contributed by atoms with Crippen molar-refractivity contribution in [2.45, 2.75) is 43.9 Å². The summed E-state index contributed by atoms with van der Waals surface area (Å²) in [7, 11) is -3.11. The lowest BCUT2D eigenvalue weighted by molar-refractivity contribution is 0.545. The molecule has 1 aliphatic rings. The summed E-state index contributed by atoms with van der Waals surface area (Å²) >= 11 is 4.75. The minimum Gasteiger partial charge on any atom is -0.393 e. The van der Waals surface area contributed by atoms with Crippen LogP contribution in [-0.4, -0.2) is 24.7 Å². The van der Waals surface area contributed by atoms with Gasteiger partial charge in [-0.2, -0.15) is 0 Å². The van der Waals surface area contributed by atoms with E-state index in [-0.39, 0.29) is 11.3 Å². The van der Waals surface area contributed by atoms with Crippen molar-refractivity contribution in [3.05, 3.63) is 0 Å². The Morgan fingerprint density at radius 3 is 2.57 bits per heavy atom. The fraction of sp³-hybridized carbons (Fsp3) is 0.875. The summed E-state index contributed by atoms with van der Waals surface area (Å²) in [5, 5.41) is -0.178. The zero-order chi connectivity index (χ0) is 10.8. The highest BCUT2D eigenvalue weighted by Gasteiger charge is 2.36. The van der Waals surface area contributed by atoms with Crippen molar-refractivity contribution < 1.29 is 8.42 Å². The van der Waals surface area contributed by atoms with E-state index in [0.29, 0.717) is 17.8 Å². The highest BCUT2D eigenvalue weighted by molar-refractivity contribution is 7.90. The van der Waals surface area contributed by atoms with Gasteiger partial charge >= 0.3 is 0 Å². The first-order chi connectivity index (χ1) is 6.45. The Balaban J connectivity index is 2.50. The molecule has 82 valence electrons. The molecule has 1 fully saturated rings. The van der Waals surface area contributed by atoms with Gasteiger partial charge in [0.15, 0.2) is 0 Å². The fourth-order valence-electron chi connectivity index (χ4n) is 1.22. The topological polar surface area (TPSA) is 72.2 Å². The molecule has 14 heavy (non-hydrogen) atoms. The quantitative estimate of drug-likeness (QED) is 0.660. The molecule has 1 unspecified atom stereocenters. The van der Waals surface area contributed by atoms with Gasteiger partial charge in [-0.15, -0.1) is 0 Å². The summed E-state index contributed by atoms with van der Waals surface area (Å²) in [6.07, 6.45) is 2.71. The number of hydrogen-bond acceptors (Lipinski definition) is 3. The Hall–Kier alpha value is -0.200. The minimum atomic E-state index is -3.11. The van der Waals surface area contributed by atoms with Gasteiger partial charge in [0, 0.05) is 12.5 Å². The highest BCUT2D eigenvalue weighted by atomic mass is 32.2. The van der Waals surface area contributed by atoms with E-state index in [1.807, 2.05) is 6.92 Å². The maximum Gasteiger partial charge on any atom is 0.214 e. The number of thiocarbonyl (C=S) groups is 1. The van der Waals surface area contributed by atoms with Crippen LogP contribution in [0.5, 0.6) is 0 Å². The maximum absolute atomic E-state index is 11.5. The van der Waals surface area contributed by atoms with Crippen LogP contribution in [0.2, 0.25) is 0 Å². The van der Waals surface area contributed by atoms with Gasteiger partial charge in [-0.1, -0.05) is 19.1 Å². The smallest absolute Gasteiger partial charge is 0.214 e. The second kappa shape index (κ2) is 4.55. The lowest BCUT2D eigenvalue weighted by Gasteiger charge is -2.15. The molecule has 0 aromatic carbocycles. The molecule has 1 saturated carbocycles. The number of rotatable bonds is 6. The summed E-state index contributed by atoms with van der Waals surface area (Å²) in [5.74, 6) is 0. The third-order valence-electron chi connectivity index (χ3n) is 2.23. The standard InChI is InChI=1S/C8H16N2O2S2/c1-2-6(5-8(9)13)10-14(11,12)7-3-4-7/h6-7,10H,2-5H2,1H3,(H2,9,13). The Morgan fingerprint density at radius 1 is 1.64 bits per heavy atom. The summed E-state index contributed by atoms with van der Waals surface area (Å²) in [4.78, 5) is 0.357. The monoisotopic (exact) mass is 236 g/mol. The molecule has 4 nitrogen and oxygen atoms in total. The van der Waals surface area contributed by atoms with Crippen LogP contribution in [0.1, 0.15) is 32.6 Å². The first kappa shape index (κ1) is 11.9. The first-order valence-corrected chi connectivity index (χ1v) is 6.70. The normalized spacial score (nSPS) is 19.2. The molecular formula is C8H16N2O2S2. The molecule has 0 bridgehead atoms. The molecule has 1 aliphatic carbocycles. The van der Waals surface area contributed by atoms with Gasteiger partial charge in [0.1, 0.15) is 0 Å². The van der Waals surface area contributed by atoms with E-state index >= 15 is 0 Å². The minimum absolute atomic E-state index is 0.141. The van der Waals surface area contributed by atoms with Crippen LogP contribution in [0.25, 0.3) is 0 Å². The van der Waals surface area contributed by atoms with Crippen molar-refractivity contribution >= 4 is 27.2 Å². The second-order valence-electron chi connectivity index (χ2n) is 3.64. The van der Waals surface area contributed by atoms with Gasteiger partial charge in [-0.3, -0.25) is 0 Å². The Labute approximate surface area is 90.3 Å². The molecule has 0 radical (unpaired) electrons. The predicted molar refractivity (Wildman–Crippen MR) is 60.6 cm³/mol. The van der Waals surface area contributed by atoms with Crippen molar-refractivity contribution in [3.63, 3.8) is 0 Å². The van der Waals surface area contributed by atoms with Crippen LogP contribution in [0.3, 0.4) is 0 Å². The molecule has 0 saturated heterocycles. The van der Waals surface area contributed by atoms with Crippen molar-refractivity contribution in [1.82, 2.24) is 4.72 Å². The van der Waals surface area contributed by atoms with Gasteiger partial charge in [0.2, 0.25) is 10.0 Å². The van der Waals surface area contributed by atoms with E-state index < -0.39 is 10.0 Å². The molecule has 0 amide bonds. The second-order valence-corrected chi connectivity index (χ2v) is 6.15. The summed E-state index contributed by atoms with van der Waals surface area (Å²) < 4.78 is 25.7. The molecular weight excluding hydrogens is 220 g/mol.